The van der Waals surface area contributed by atoms with Crippen LogP contribution in [0.25, 0.3) is 43.8 Å². The van der Waals surface area contributed by atoms with Gasteiger partial charge in [0.15, 0.2) is 0 Å². The van der Waals surface area contributed by atoms with Crippen molar-refractivity contribution < 1.29 is 20.8 Å². The van der Waals surface area contributed by atoms with Crippen molar-refractivity contribution in [3.8, 4) is 22.3 Å². The van der Waals surface area contributed by atoms with Gasteiger partial charge in [0.2, 0.25) is 0 Å². The van der Waals surface area contributed by atoms with Gasteiger partial charge < -0.3 is 0 Å². The van der Waals surface area contributed by atoms with Crippen molar-refractivity contribution in [1.82, 2.24) is 0 Å². The van der Waals surface area contributed by atoms with Gasteiger partial charge in [-0.1, -0.05) is 163 Å². The minimum absolute atomic E-state index is 0.671. The molecule has 0 N–H and O–H groups in total. The second-order valence-corrected chi connectivity index (χ2v) is 19.4. The second kappa shape index (κ2) is 24.2. The van der Waals surface area contributed by atoms with Crippen LogP contribution in [-0.2, 0) is 46.5 Å². The number of fused-ring (bicyclic) bond motifs is 2. The Labute approximate surface area is 338 Å². The van der Waals surface area contributed by atoms with Gasteiger partial charge in [-0.2, -0.15) is 12.1 Å². The van der Waals surface area contributed by atoms with E-state index in [1.165, 1.54) is 105 Å². The van der Waals surface area contributed by atoms with Crippen molar-refractivity contribution in [2.45, 2.75) is 106 Å². The molecule has 0 heterocycles. The number of aryl methyl sites for hydroxylation is 2. The Morgan fingerprint density at radius 3 is 1.23 bits per heavy atom. The van der Waals surface area contributed by atoms with Crippen LogP contribution in [-0.4, -0.2) is 9.52 Å². The standard InChI is InChI=1S/2C23H27.C2H6Si.2ClH.Zr/c2*1-4-5-9-18-15-20-12-13-21(14-17(2)3)23(22(20)16-18)19-10-7-6-8-11-19;1-3-2;;;/h2*6-8,10-13,15-17H,4-5,9,14H2,1-3H3;1-2H3;2*1H;/q2*-1;;;;+4/p-2. The molecule has 6 aromatic carbocycles. The maximum atomic E-state index is 4.93. The van der Waals surface area contributed by atoms with E-state index in [9.17, 15) is 0 Å². The van der Waals surface area contributed by atoms with Gasteiger partial charge in [0.1, 0.15) is 0 Å². The van der Waals surface area contributed by atoms with E-state index in [4.69, 9.17) is 17.0 Å². The minimum atomic E-state index is -0.826. The summed E-state index contributed by atoms with van der Waals surface area (Å²) in [5.74, 6) is 1.34. The molecule has 274 valence electrons. The number of hydrogen-bond donors (Lipinski definition) is 0. The zero-order valence-corrected chi connectivity index (χ0v) is 37.9. The molecule has 0 saturated carbocycles. The van der Waals surface area contributed by atoms with E-state index in [-0.39, 0.29) is 0 Å². The number of halogens is 2. The summed E-state index contributed by atoms with van der Waals surface area (Å²) in [7, 11) is 11.0. The fraction of sp³-hybridized carbons (Fsp3) is 0.375. The van der Waals surface area contributed by atoms with Gasteiger partial charge in [0.25, 0.3) is 0 Å². The Morgan fingerprint density at radius 1 is 0.577 bits per heavy atom. The molecule has 0 aliphatic heterocycles. The molecule has 0 saturated heterocycles. The van der Waals surface area contributed by atoms with Crippen LogP contribution in [0.3, 0.4) is 0 Å². The Kier molecular flexibility index (Phi) is 20.6. The van der Waals surface area contributed by atoms with Crippen molar-refractivity contribution in [3.05, 3.63) is 131 Å². The fourth-order valence-corrected chi connectivity index (χ4v) is 6.94. The molecule has 4 heteroatoms. The molecule has 0 aromatic heterocycles. The first-order chi connectivity index (χ1) is 25.2. The summed E-state index contributed by atoms with van der Waals surface area (Å²) < 4.78 is 0. The zero-order valence-electron chi connectivity index (χ0n) is 33.0. The average Bonchev–Trinajstić information content (AvgIpc) is 3.75. The summed E-state index contributed by atoms with van der Waals surface area (Å²) in [5.41, 5.74) is 11.5. The van der Waals surface area contributed by atoms with Crippen molar-refractivity contribution in [2.75, 3.05) is 0 Å². The third kappa shape index (κ3) is 13.6. The molecule has 0 bridgehead atoms. The van der Waals surface area contributed by atoms with Crippen LogP contribution in [0.1, 0.15) is 89.5 Å². The molecular weight excluding hydrogens is 767 g/mol. The third-order valence-electron chi connectivity index (χ3n) is 9.09. The van der Waals surface area contributed by atoms with Crippen LogP contribution in [0, 0.1) is 11.8 Å². The predicted octanol–water partition coefficient (Wildman–Crippen LogP) is 15.7. The molecule has 0 atom stereocenters. The van der Waals surface area contributed by atoms with Gasteiger partial charge in [-0.15, -0.1) is 69.1 Å². The van der Waals surface area contributed by atoms with Crippen molar-refractivity contribution in [2.24, 2.45) is 11.8 Å². The first-order valence-corrected chi connectivity index (χ1v) is 27.6. The van der Waals surface area contributed by atoms with Crippen LogP contribution < -0.4 is 0 Å². The van der Waals surface area contributed by atoms with Crippen LogP contribution in [0.5, 0.6) is 0 Å². The number of rotatable bonds is 12. The predicted molar refractivity (Wildman–Crippen MR) is 233 cm³/mol. The molecule has 0 aliphatic carbocycles. The molecule has 0 aliphatic rings. The summed E-state index contributed by atoms with van der Waals surface area (Å²) in [6.45, 7) is 18.0. The molecule has 6 aromatic rings. The second-order valence-electron chi connectivity index (χ2n) is 14.6. The summed E-state index contributed by atoms with van der Waals surface area (Å²) in [6, 6.07) is 40.7. The van der Waals surface area contributed by atoms with Crippen molar-refractivity contribution >= 4 is 48.1 Å². The molecule has 0 amide bonds. The molecule has 52 heavy (non-hydrogen) atoms. The number of hydrogen-bond acceptors (Lipinski definition) is 0. The number of unbranched alkanes of at least 4 members (excludes halogenated alkanes) is 2. The van der Waals surface area contributed by atoms with Gasteiger partial charge in [0, 0.05) is 9.52 Å². The fourth-order valence-electron chi connectivity index (χ4n) is 6.94. The molecule has 0 fully saturated rings. The van der Waals surface area contributed by atoms with E-state index in [1.807, 2.05) is 0 Å². The summed E-state index contributed by atoms with van der Waals surface area (Å²) in [4.78, 5) is 0. The number of benzene rings is 4. The van der Waals surface area contributed by atoms with E-state index in [2.05, 4.69) is 164 Å². The Bertz CT molecular complexity index is 1710. The zero-order chi connectivity index (χ0) is 37.9. The van der Waals surface area contributed by atoms with Crippen LogP contribution in [0.4, 0.5) is 0 Å². The van der Waals surface area contributed by atoms with Crippen molar-refractivity contribution in [3.63, 3.8) is 0 Å². The Balaban J connectivity index is 0.000000244. The average molecular weight is 827 g/mol. The topological polar surface area (TPSA) is 0 Å². The van der Waals surface area contributed by atoms with E-state index < -0.39 is 20.8 Å². The summed E-state index contributed by atoms with van der Waals surface area (Å²) >= 11 is -0.826. The Morgan fingerprint density at radius 2 is 0.923 bits per heavy atom. The normalized spacial score (nSPS) is 10.7. The molecule has 6 rings (SSSR count). The van der Waals surface area contributed by atoms with Gasteiger partial charge in [-0.25, -0.2) is 0 Å². The monoisotopic (exact) mass is 824 g/mol. The maximum absolute atomic E-state index is 4.93. The molecule has 0 unspecified atom stereocenters. The van der Waals surface area contributed by atoms with Crippen molar-refractivity contribution in [1.29, 1.82) is 0 Å². The van der Waals surface area contributed by atoms with Crippen LogP contribution in [0.2, 0.25) is 13.1 Å². The summed E-state index contributed by atoms with van der Waals surface area (Å²) in [5, 5.41) is 5.64. The Hall–Kier alpha value is -2.22. The quantitative estimate of drug-likeness (QED) is 0.0852. The molecule has 0 spiro atoms. The molecular formula is C48H60Cl2SiZr. The van der Waals surface area contributed by atoms with Gasteiger partial charge >= 0.3 is 37.9 Å². The molecule has 0 nitrogen and oxygen atoms in total. The first kappa shape index (κ1) is 44.2. The van der Waals surface area contributed by atoms with E-state index in [1.54, 1.807) is 0 Å². The third-order valence-corrected chi connectivity index (χ3v) is 9.09. The van der Waals surface area contributed by atoms with Gasteiger partial charge in [0.05, 0.1) is 0 Å². The summed E-state index contributed by atoms with van der Waals surface area (Å²) in [6.07, 6.45) is 9.71. The van der Waals surface area contributed by atoms with E-state index in [0.717, 1.165) is 22.4 Å². The van der Waals surface area contributed by atoms with E-state index >= 15 is 0 Å². The SMILES string of the molecule is CCCCc1cc2c(-c3ccccc3)c(CC(C)C)ccc2[cH-]1.CCCCc1cc2c(-c3ccccc3)c(CC(C)C)ccc2[cH-]1.C[Si]C.[Cl][Zr+2][Cl]. The molecule has 2 radical (unpaired) electrons. The van der Waals surface area contributed by atoms with Gasteiger partial charge in [-0.3, -0.25) is 0 Å². The van der Waals surface area contributed by atoms with Crippen LogP contribution >= 0.6 is 17.0 Å². The van der Waals surface area contributed by atoms with Crippen LogP contribution in [0.15, 0.2) is 109 Å². The first-order valence-electron chi connectivity index (χ1n) is 19.3. The van der Waals surface area contributed by atoms with Gasteiger partial charge in [-0.05, 0) is 48.6 Å². The van der Waals surface area contributed by atoms with E-state index in [0.29, 0.717) is 11.8 Å².